The highest BCUT2D eigenvalue weighted by molar-refractivity contribution is 6.30. The minimum atomic E-state index is -0.0114. The van der Waals surface area contributed by atoms with Crippen LogP contribution in [-0.4, -0.2) is 15.1 Å². The predicted molar refractivity (Wildman–Crippen MR) is 58.8 cm³/mol. The van der Waals surface area contributed by atoms with Gasteiger partial charge in [0.15, 0.2) is 0 Å². The van der Waals surface area contributed by atoms with Crippen LogP contribution in [0, 0.1) is 0 Å². The number of halogens is 1. The number of hydrogen-bond donors (Lipinski definition) is 2. The van der Waals surface area contributed by atoms with Crippen LogP contribution in [0.4, 0.5) is 0 Å². The van der Waals surface area contributed by atoms with E-state index >= 15 is 0 Å². The number of rotatable bonds is 3. The first-order chi connectivity index (χ1) is 7.28. The molecule has 3 nitrogen and oxygen atoms in total. The minimum Gasteiger partial charge on any atom is -0.390 e. The summed E-state index contributed by atoms with van der Waals surface area (Å²) in [5.41, 5.74) is 1.83. The smallest absolute Gasteiger partial charge is 0.110 e. The molecule has 2 aromatic rings. The van der Waals surface area contributed by atoms with Crippen LogP contribution in [-0.2, 0) is 13.0 Å². The molecule has 2 N–H and O–H groups in total. The molecule has 0 amide bonds. The summed E-state index contributed by atoms with van der Waals surface area (Å²) in [7, 11) is 0. The van der Waals surface area contributed by atoms with Crippen LogP contribution in [0.3, 0.4) is 0 Å². The lowest BCUT2D eigenvalue weighted by atomic mass is 10.1. The Labute approximate surface area is 92.7 Å². The van der Waals surface area contributed by atoms with Crippen molar-refractivity contribution in [2.24, 2.45) is 0 Å². The van der Waals surface area contributed by atoms with E-state index in [-0.39, 0.29) is 6.61 Å². The Bertz CT molecular complexity index is 453. The summed E-state index contributed by atoms with van der Waals surface area (Å²) in [5, 5.41) is 9.59. The maximum absolute atomic E-state index is 8.87. The van der Waals surface area contributed by atoms with Gasteiger partial charge in [0.2, 0.25) is 0 Å². The van der Waals surface area contributed by atoms with Gasteiger partial charge in [-0.3, -0.25) is 0 Å². The Morgan fingerprint density at radius 1 is 1.40 bits per heavy atom. The van der Waals surface area contributed by atoms with Crippen molar-refractivity contribution >= 4 is 11.6 Å². The van der Waals surface area contributed by atoms with E-state index < -0.39 is 0 Å². The molecule has 78 valence electrons. The van der Waals surface area contributed by atoms with Gasteiger partial charge in [0.1, 0.15) is 5.82 Å². The number of aliphatic hydroxyl groups excluding tert-OH is 1. The Balaban J connectivity index is 2.14. The van der Waals surface area contributed by atoms with E-state index in [0.29, 0.717) is 6.42 Å². The minimum absolute atomic E-state index is 0.0114. The maximum Gasteiger partial charge on any atom is 0.110 e. The van der Waals surface area contributed by atoms with E-state index in [2.05, 4.69) is 9.97 Å². The number of benzene rings is 1. The van der Waals surface area contributed by atoms with Crippen molar-refractivity contribution in [1.29, 1.82) is 0 Å². The van der Waals surface area contributed by atoms with Crippen LogP contribution in [0.2, 0.25) is 5.02 Å². The fourth-order valence-corrected chi connectivity index (χ4v) is 1.63. The topological polar surface area (TPSA) is 48.9 Å². The largest absolute Gasteiger partial charge is 0.390 e. The molecule has 0 saturated carbocycles. The molecule has 0 aliphatic heterocycles. The van der Waals surface area contributed by atoms with Gasteiger partial charge in [0, 0.05) is 11.4 Å². The summed E-state index contributed by atoms with van der Waals surface area (Å²) in [5.74, 6) is 0.835. The molecule has 1 heterocycles. The number of imidazole rings is 1. The lowest BCUT2D eigenvalue weighted by molar-refractivity contribution is 0.277. The molecule has 1 aromatic carbocycles. The van der Waals surface area contributed by atoms with Crippen LogP contribution in [0.15, 0.2) is 30.5 Å². The molecule has 0 spiro atoms. The Morgan fingerprint density at radius 2 is 2.27 bits per heavy atom. The molecule has 0 saturated heterocycles. The number of nitrogens with zero attached hydrogens (tertiary/aromatic N) is 1. The second-order valence-corrected chi connectivity index (χ2v) is 3.76. The highest BCUT2D eigenvalue weighted by Gasteiger charge is 2.01. The quantitative estimate of drug-likeness (QED) is 0.836. The SMILES string of the molecule is OCc1cnc(Cc2cccc(Cl)c2)[nH]1. The van der Waals surface area contributed by atoms with Crippen molar-refractivity contribution in [3.8, 4) is 0 Å². The van der Waals surface area contributed by atoms with Crippen LogP contribution in [0.5, 0.6) is 0 Å². The summed E-state index contributed by atoms with van der Waals surface area (Å²) in [6, 6.07) is 7.65. The van der Waals surface area contributed by atoms with E-state index in [0.717, 1.165) is 22.1 Å². The van der Waals surface area contributed by atoms with Gasteiger partial charge < -0.3 is 10.1 Å². The fourth-order valence-electron chi connectivity index (χ4n) is 1.42. The number of nitrogens with one attached hydrogen (secondary N) is 1. The van der Waals surface area contributed by atoms with Gasteiger partial charge >= 0.3 is 0 Å². The third-order valence-electron chi connectivity index (χ3n) is 2.11. The van der Waals surface area contributed by atoms with Gasteiger partial charge in [-0.05, 0) is 17.7 Å². The molecule has 0 atom stereocenters. The van der Waals surface area contributed by atoms with Crippen LogP contribution in [0.25, 0.3) is 0 Å². The predicted octanol–water partition coefficient (Wildman–Crippen LogP) is 2.15. The van der Waals surface area contributed by atoms with E-state index in [9.17, 15) is 0 Å². The van der Waals surface area contributed by atoms with Crippen molar-refractivity contribution in [3.63, 3.8) is 0 Å². The van der Waals surface area contributed by atoms with Crippen molar-refractivity contribution in [3.05, 3.63) is 52.6 Å². The van der Waals surface area contributed by atoms with Gasteiger partial charge in [0.05, 0.1) is 18.5 Å². The summed E-state index contributed by atoms with van der Waals surface area (Å²) < 4.78 is 0. The van der Waals surface area contributed by atoms with E-state index in [1.165, 1.54) is 0 Å². The monoisotopic (exact) mass is 222 g/mol. The molecule has 0 bridgehead atoms. The highest BCUT2D eigenvalue weighted by atomic mass is 35.5. The molecule has 0 unspecified atom stereocenters. The van der Waals surface area contributed by atoms with Gasteiger partial charge in [-0.2, -0.15) is 0 Å². The zero-order valence-electron chi connectivity index (χ0n) is 8.07. The average molecular weight is 223 g/mol. The molecule has 0 aliphatic carbocycles. The second kappa shape index (κ2) is 4.47. The second-order valence-electron chi connectivity index (χ2n) is 3.32. The third kappa shape index (κ3) is 2.58. The van der Waals surface area contributed by atoms with E-state index in [1.807, 2.05) is 24.3 Å². The molecule has 1 aromatic heterocycles. The number of aliphatic hydroxyl groups is 1. The molecule has 0 aliphatic rings. The molecular formula is C11H11ClN2O. The standard InChI is InChI=1S/C11H11ClN2O/c12-9-3-1-2-8(4-9)5-11-13-6-10(7-15)14-11/h1-4,6,15H,5,7H2,(H,13,14). The van der Waals surface area contributed by atoms with E-state index in [4.69, 9.17) is 16.7 Å². The zero-order valence-corrected chi connectivity index (χ0v) is 8.83. The average Bonchev–Trinajstić information content (AvgIpc) is 2.65. The van der Waals surface area contributed by atoms with Gasteiger partial charge in [0.25, 0.3) is 0 Å². The number of aromatic amines is 1. The van der Waals surface area contributed by atoms with Crippen LogP contribution >= 0.6 is 11.6 Å². The summed E-state index contributed by atoms with van der Waals surface area (Å²) in [4.78, 5) is 7.18. The van der Waals surface area contributed by atoms with Gasteiger partial charge in [-0.1, -0.05) is 23.7 Å². The lowest BCUT2D eigenvalue weighted by Crippen LogP contribution is -1.91. The first-order valence-electron chi connectivity index (χ1n) is 4.66. The normalized spacial score (nSPS) is 10.5. The third-order valence-corrected chi connectivity index (χ3v) is 2.35. The number of hydrogen-bond acceptors (Lipinski definition) is 2. The number of H-pyrrole nitrogens is 1. The van der Waals surface area contributed by atoms with Gasteiger partial charge in [-0.15, -0.1) is 0 Å². The number of aromatic nitrogens is 2. The van der Waals surface area contributed by atoms with Crippen LogP contribution in [0.1, 0.15) is 17.1 Å². The highest BCUT2D eigenvalue weighted by Crippen LogP contribution is 2.13. The van der Waals surface area contributed by atoms with Crippen molar-refractivity contribution < 1.29 is 5.11 Å². The molecule has 0 fully saturated rings. The molecule has 2 rings (SSSR count). The Morgan fingerprint density at radius 3 is 2.93 bits per heavy atom. The summed E-state index contributed by atoms with van der Waals surface area (Å²) in [6.07, 6.45) is 2.33. The Hall–Kier alpha value is -1.32. The zero-order chi connectivity index (χ0) is 10.7. The summed E-state index contributed by atoms with van der Waals surface area (Å²) >= 11 is 5.87. The molecule has 0 radical (unpaired) electrons. The van der Waals surface area contributed by atoms with E-state index in [1.54, 1.807) is 6.20 Å². The van der Waals surface area contributed by atoms with Crippen LogP contribution < -0.4 is 0 Å². The molecule has 4 heteroatoms. The van der Waals surface area contributed by atoms with Crippen molar-refractivity contribution in [2.45, 2.75) is 13.0 Å². The molecular weight excluding hydrogens is 212 g/mol. The first kappa shape index (κ1) is 10.2. The molecule has 15 heavy (non-hydrogen) atoms. The van der Waals surface area contributed by atoms with Gasteiger partial charge in [-0.25, -0.2) is 4.98 Å². The lowest BCUT2D eigenvalue weighted by Gasteiger charge is -1.98. The summed E-state index contributed by atoms with van der Waals surface area (Å²) in [6.45, 7) is -0.0114. The first-order valence-corrected chi connectivity index (χ1v) is 5.04. The fraction of sp³-hybridized carbons (Fsp3) is 0.182. The Kier molecular flexibility index (Phi) is 3.04. The maximum atomic E-state index is 8.87. The van der Waals surface area contributed by atoms with Crippen molar-refractivity contribution in [1.82, 2.24) is 9.97 Å². The van der Waals surface area contributed by atoms with Crippen molar-refractivity contribution in [2.75, 3.05) is 0 Å².